The average Bonchev–Trinajstić information content (AvgIpc) is 3.43. The molecule has 0 radical (unpaired) electrons. The van der Waals surface area contributed by atoms with Crippen LogP contribution in [-0.2, 0) is 17.6 Å². The van der Waals surface area contributed by atoms with Crippen molar-refractivity contribution in [2.24, 2.45) is 5.92 Å². The Morgan fingerprint density at radius 2 is 1.77 bits per heavy atom. The lowest BCUT2D eigenvalue weighted by atomic mass is 9.83. The molecular weight excluding hydrogens is 374 g/mol. The van der Waals surface area contributed by atoms with Crippen molar-refractivity contribution in [1.82, 2.24) is 14.9 Å². The van der Waals surface area contributed by atoms with E-state index in [0.29, 0.717) is 19.3 Å². The number of hydrogen-bond acceptors (Lipinski definition) is 3. The fourth-order valence-electron chi connectivity index (χ4n) is 4.84. The number of hydrogen-bond donors (Lipinski definition) is 1. The summed E-state index contributed by atoms with van der Waals surface area (Å²) in [4.78, 5) is 35.8. The number of carbonyl (C=O) groups is 2. The number of carbonyl (C=O) groups excluding carboxylic acids is 2. The average molecular weight is 399 g/mol. The van der Waals surface area contributed by atoms with Crippen LogP contribution < -0.4 is 0 Å². The van der Waals surface area contributed by atoms with Gasteiger partial charge < -0.3 is 9.88 Å². The number of Topliss-reactive ketones (excluding diaryl/α,β-unsaturated/α-hetero) is 1. The third-order valence-corrected chi connectivity index (χ3v) is 6.30. The summed E-state index contributed by atoms with van der Waals surface area (Å²) in [6.45, 7) is 1.64. The number of fused-ring (bicyclic) bond motifs is 1. The molecule has 0 bridgehead atoms. The van der Waals surface area contributed by atoms with Crippen LogP contribution in [0.3, 0.4) is 0 Å². The highest BCUT2D eigenvalue weighted by atomic mass is 16.2. The van der Waals surface area contributed by atoms with Gasteiger partial charge in [-0.2, -0.15) is 0 Å². The minimum Gasteiger partial charge on any atom is -0.358 e. The zero-order valence-corrected chi connectivity index (χ0v) is 16.9. The molecule has 1 N–H and O–H groups in total. The zero-order valence-electron chi connectivity index (χ0n) is 16.9. The van der Waals surface area contributed by atoms with E-state index in [1.54, 1.807) is 12.4 Å². The molecule has 5 heteroatoms. The molecule has 1 saturated heterocycles. The van der Waals surface area contributed by atoms with Gasteiger partial charge in [0.05, 0.1) is 11.6 Å². The van der Waals surface area contributed by atoms with Crippen molar-refractivity contribution in [3.63, 3.8) is 0 Å². The van der Waals surface area contributed by atoms with E-state index < -0.39 is 0 Å². The van der Waals surface area contributed by atoms with Crippen molar-refractivity contribution in [2.75, 3.05) is 13.1 Å². The Morgan fingerprint density at radius 3 is 2.50 bits per heavy atom. The lowest BCUT2D eigenvalue weighted by Gasteiger charge is -2.26. The molecular formula is C25H25N3O2. The van der Waals surface area contributed by atoms with Crippen LogP contribution in [0.15, 0.2) is 54.9 Å². The van der Waals surface area contributed by atoms with E-state index in [1.165, 1.54) is 0 Å². The van der Waals surface area contributed by atoms with Crippen molar-refractivity contribution >= 4 is 11.7 Å². The van der Waals surface area contributed by atoms with Gasteiger partial charge in [-0.25, -0.2) is 0 Å². The Morgan fingerprint density at radius 1 is 1.03 bits per heavy atom. The summed E-state index contributed by atoms with van der Waals surface area (Å²) in [6, 6.07) is 14.1. The summed E-state index contributed by atoms with van der Waals surface area (Å²) >= 11 is 0. The third kappa shape index (κ3) is 3.45. The number of ketones is 1. The van der Waals surface area contributed by atoms with Crippen molar-refractivity contribution in [3.05, 3.63) is 77.2 Å². The van der Waals surface area contributed by atoms with Gasteiger partial charge in [-0.3, -0.25) is 14.6 Å². The number of likely N-dealkylation sites (tertiary alicyclic amines) is 1. The molecule has 30 heavy (non-hydrogen) atoms. The Labute approximate surface area is 176 Å². The van der Waals surface area contributed by atoms with E-state index in [9.17, 15) is 9.59 Å². The molecule has 0 spiro atoms. The molecule has 0 saturated carbocycles. The first kappa shape index (κ1) is 18.8. The molecule has 5 nitrogen and oxygen atoms in total. The second kappa shape index (κ2) is 7.90. The summed E-state index contributed by atoms with van der Waals surface area (Å²) in [5.41, 5.74) is 5.87. The van der Waals surface area contributed by atoms with Crippen LogP contribution in [0, 0.1) is 5.92 Å². The van der Waals surface area contributed by atoms with E-state index in [0.717, 1.165) is 59.6 Å². The number of benzene rings is 1. The smallest absolute Gasteiger partial charge is 0.226 e. The molecule has 1 unspecified atom stereocenters. The number of H-pyrrole nitrogens is 1. The van der Waals surface area contributed by atoms with Gasteiger partial charge in [-0.05, 0) is 36.1 Å². The van der Waals surface area contributed by atoms with Crippen molar-refractivity contribution in [3.8, 4) is 11.3 Å². The topological polar surface area (TPSA) is 66.1 Å². The number of aromatic nitrogens is 2. The number of rotatable bonds is 4. The number of pyridine rings is 1. The van der Waals surface area contributed by atoms with Crippen LogP contribution in [0.2, 0.25) is 0 Å². The van der Waals surface area contributed by atoms with E-state index in [1.807, 2.05) is 35.2 Å². The van der Waals surface area contributed by atoms with Crippen LogP contribution in [0.4, 0.5) is 0 Å². The highest BCUT2D eigenvalue weighted by Crippen LogP contribution is 2.36. The van der Waals surface area contributed by atoms with Crippen molar-refractivity contribution < 1.29 is 9.59 Å². The number of nitrogens with zero attached hydrogens (tertiary/aromatic N) is 2. The highest BCUT2D eigenvalue weighted by molar-refractivity contribution is 6.04. The fourth-order valence-corrected chi connectivity index (χ4v) is 4.84. The minimum absolute atomic E-state index is 0.0799. The largest absolute Gasteiger partial charge is 0.358 e. The first-order valence-electron chi connectivity index (χ1n) is 10.7. The van der Waals surface area contributed by atoms with Gasteiger partial charge in [0.2, 0.25) is 5.91 Å². The molecule has 2 aliphatic rings. The maximum Gasteiger partial charge on any atom is 0.226 e. The highest BCUT2D eigenvalue weighted by Gasteiger charge is 2.36. The molecule has 152 valence electrons. The zero-order chi connectivity index (χ0) is 20.5. The lowest BCUT2D eigenvalue weighted by molar-refractivity contribution is -0.134. The Kier molecular flexibility index (Phi) is 4.95. The lowest BCUT2D eigenvalue weighted by Crippen LogP contribution is -2.37. The second-order valence-electron chi connectivity index (χ2n) is 8.29. The summed E-state index contributed by atoms with van der Waals surface area (Å²) in [5.74, 6) is -0.0379. The Bertz CT molecular complexity index is 1070. The second-order valence-corrected chi connectivity index (χ2v) is 8.29. The molecule has 2 aromatic heterocycles. The standard InChI is InChI=1S/C25H25N3O2/c29-22-16-19(25(30)28-12-4-5-13-28)15-21-23(22)20(14-17-6-2-1-3-7-17)24(27-21)18-8-10-26-11-9-18/h1-3,6-11,19,27H,4-5,12-16H2. The molecule has 3 aromatic rings. The minimum atomic E-state index is -0.253. The van der Waals surface area contributed by atoms with E-state index >= 15 is 0 Å². The molecule has 5 rings (SSSR count). The van der Waals surface area contributed by atoms with Gasteiger partial charge in [-0.15, -0.1) is 0 Å². The van der Waals surface area contributed by atoms with Crippen LogP contribution in [0.5, 0.6) is 0 Å². The van der Waals surface area contributed by atoms with Gasteiger partial charge >= 0.3 is 0 Å². The van der Waals surface area contributed by atoms with E-state index in [4.69, 9.17) is 0 Å². The molecule has 1 atom stereocenters. The fraction of sp³-hybridized carbons (Fsp3) is 0.320. The number of amides is 1. The maximum atomic E-state index is 13.3. The first-order chi connectivity index (χ1) is 14.7. The quantitative estimate of drug-likeness (QED) is 0.720. The molecule has 3 heterocycles. The molecule has 1 amide bonds. The third-order valence-electron chi connectivity index (χ3n) is 6.30. The normalized spacial score (nSPS) is 18.5. The Hall–Kier alpha value is -3.21. The van der Waals surface area contributed by atoms with Gasteiger partial charge in [0.15, 0.2) is 5.78 Å². The monoisotopic (exact) mass is 399 g/mol. The van der Waals surface area contributed by atoms with Crippen LogP contribution >= 0.6 is 0 Å². The van der Waals surface area contributed by atoms with Gasteiger partial charge in [0.1, 0.15) is 0 Å². The maximum absolute atomic E-state index is 13.3. The van der Waals surface area contributed by atoms with Crippen LogP contribution in [-0.4, -0.2) is 39.6 Å². The SMILES string of the molecule is O=C1CC(C(=O)N2CCCC2)Cc2[nH]c(-c3ccncc3)c(Cc3ccccc3)c21. The van der Waals surface area contributed by atoms with Crippen LogP contribution in [0.1, 0.15) is 46.4 Å². The van der Waals surface area contributed by atoms with Crippen molar-refractivity contribution in [2.45, 2.75) is 32.1 Å². The number of aromatic amines is 1. The van der Waals surface area contributed by atoms with E-state index in [-0.39, 0.29) is 17.6 Å². The summed E-state index contributed by atoms with van der Waals surface area (Å²) < 4.78 is 0. The van der Waals surface area contributed by atoms with Gasteiger partial charge in [0, 0.05) is 61.6 Å². The molecule has 1 fully saturated rings. The summed E-state index contributed by atoms with van der Waals surface area (Å²) in [5, 5.41) is 0. The predicted octanol–water partition coefficient (Wildman–Crippen LogP) is 4.04. The number of nitrogens with one attached hydrogen (secondary N) is 1. The molecule has 1 aromatic carbocycles. The molecule has 1 aliphatic heterocycles. The van der Waals surface area contributed by atoms with Crippen LogP contribution in [0.25, 0.3) is 11.3 Å². The Balaban J connectivity index is 1.54. The van der Waals surface area contributed by atoms with E-state index in [2.05, 4.69) is 22.1 Å². The summed E-state index contributed by atoms with van der Waals surface area (Å²) in [7, 11) is 0. The van der Waals surface area contributed by atoms with Gasteiger partial charge in [0.25, 0.3) is 0 Å². The summed E-state index contributed by atoms with van der Waals surface area (Å²) in [6.07, 6.45) is 7.25. The predicted molar refractivity (Wildman–Crippen MR) is 115 cm³/mol. The molecule has 1 aliphatic carbocycles. The van der Waals surface area contributed by atoms with Crippen molar-refractivity contribution in [1.29, 1.82) is 0 Å². The first-order valence-corrected chi connectivity index (χ1v) is 10.7. The van der Waals surface area contributed by atoms with Gasteiger partial charge in [-0.1, -0.05) is 30.3 Å².